The molecule has 1 rings (SSSR count). The molecule has 3 nitrogen and oxygen atoms in total. The van der Waals surface area contributed by atoms with Crippen molar-refractivity contribution in [3.8, 4) is 0 Å². The smallest absolute Gasteiger partial charge is 0.0864 e. The lowest BCUT2D eigenvalue weighted by atomic mass is 10.1. The van der Waals surface area contributed by atoms with Crippen molar-refractivity contribution in [2.45, 2.75) is 37.3 Å². The number of rotatable bonds is 8. The molecule has 0 aliphatic rings. The van der Waals surface area contributed by atoms with Crippen molar-refractivity contribution in [3.63, 3.8) is 0 Å². The van der Waals surface area contributed by atoms with E-state index in [9.17, 15) is 5.11 Å². The Bertz CT molecular complexity index is 390. The van der Waals surface area contributed by atoms with E-state index in [2.05, 4.69) is 53.3 Å². The Labute approximate surface area is 127 Å². The van der Waals surface area contributed by atoms with Crippen molar-refractivity contribution in [3.05, 3.63) is 28.2 Å². The Morgan fingerprint density at radius 3 is 2.74 bits per heavy atom. The van der Waals surface area contributed by atoms with Crippen LogP contribution >= 0.6 is 27.7 Å². The van der Waals surface area contributed by atoms with Crippen LogP contribution in [0.1, 0.15) is 31.9 Å². The van der Waals surface area contributed by atoms with E-state index in [0.29, 0.717) is 11.8 Å². The number of benzene rings is 1. The summed E-state index contributed by atoms with van der Waals surface area (Å²) in [6.07, 6.45) is 0.461. The topological polar surface area (TPSA) is 52.5 Å². The Balaban J connectivity index is 2.63. The molecule has 0 fully saturated rings. The molecule has 19 heavy (non-hydrogen) atoms. The zero-order valence-electron chi connectivity index (χ0n) is 11.4. The summed E-state index contributed by atoms with van der Waals surface area (Å²) < 4.78 is 1.08. The molecule has 0 aromatic heterocycles. The average molecular weight is 348 g/mol. The van der Waals surface area contributed by atoms with E-state index in [1.165, 1.54) is 5.56 Å². The van der Waals surface area contributed by atoms with Crippen LogP contribution in [0.3, 0.4) is 0 Å². The monoisotopic (exact) mass is 347 g/mol. The molecule has 0 aliphatic heterocycles. The van der Waals surface area contributed by atoms with Crippen LogP contribution in [0.15, 0.2) is 27.6 Å². The van der Waals surface area contributed by atoms with Gasteiger partial charge in [-0.25, -0.2) is 0 Å². The van der Waals surface area contributed by atoms with Gasteiger partial charge in [0.15, 0.2) is 0 Å². The van der Waals surface area contributed by atoms with E-state index in [0.717, 1.165) is 22.3 Å². The molecule has 0 spiro atoms. The highest BCUT2D eigenvalue weighted by molar-refractivity contribution is 9.10. The van der Waals surface area contributed by atoms with Crippen LogP contribution < -0.4 is 5.32 Å². The molecule has 5 heteroatoms. The number of hydrogen-bond donors (Lipinski definition) is 3. The highest BCUT2D eigenvalue weighted by atomic mass is 79.9. The lowest BCUT2D eigenvalue weighted by molar-refractivity contribution is 0.113. The third-order valence-electron chi connectivity index (χ3n) is 2.79. The Morgan fingerprint density at radius 2 is 2.16 bits per heavy atom. The highest BCUT2D eigenvalue weighted by Gasteiger charge is 2.10. The van der Waals surface area contributed by atoms with Crippen molar-refractivity contribution in [2.75, 3.05) is 18.9 Å². The molecule has 1 aromatic carbocycles. The lowest BCUT2D eigenvalue weighted by Crippen LogP contribution is -2.19. The summed E-state index contributed by atoms with van der Waals surface area (Å²) in [5, 5.41) is 21.6. The van der Waals surface area contributed by atoms with E-state index >= 15 is 0 Å². The van der Waals surface area contributed by atoms with Gasteiger partial charge < -0.3 is 15.5 Å². The highest BCUT2D eigenvalue weighted by Crippen LogP contribution is 2.29. The minimum absolute atomic E-state index is 0.190. The van der Waals surface area contributed by atoms with E-state index in [1.54, 1.807) is 11.8 Å². The maximum absolute atomic E-state index is 9.34. The summed E-state index contributed by atoms with van der Waals surface area (Å²) in [6.45, 7) is 5.12. The summed E-state index contributed by atoms with van der Waals surface area (Å²) in [6, 6.07) is 6.54. The van der Waals surface area contributed by atoms with Gasteiger partial charge in [-0.1, -0.05) is 28.9 Å². The zero-order chi connectivity index (χ0) is 14.3. The first kappa shape index (κ1) is 17.0. The molecule has 3 N–H and O–H groups in total. The Morgan fingerprint density at radius 1 is 1.42 bits per heavy atom. The predicted molar refractivity (Wildman–Crippen MR) is 84.7 cm³/mol. The molecular formula is C14H22BrNO2S. The van der Waals surface area contributed by atoms with E-state index in [1.807, 2.05) is 0 Å². The third kappa shape index (κ3) is 5.83. The fourth-order valence-corrected chi connectivity index (χ4v) is 3.39. The number of nitrogens with one attached hydrogen (secondary N) is 1. The van der Waals surface area contributed by atoms with Crippen molar-refractivity contribution in [2.24, 2.45) is 0 Å². The summed E-state index contributed by atoms with van der Waals surface area (Å²) in [4.78, 5) is 1.09. The van der Waals surface area contributed by atoms with Gasteiger partial charge in [0.25, 0.3) is 0 Å². The minimum Gasteiger partial charge on any atom is -0.394 e. The number of aliphatic hydroxyl groups is 2. The van der Waals surface area contributed by atoms with Crippen molar-refractivity contribution < 1.29 is 10.2 Å². The Hall–Kier alpha value is -0.0700. The van der Waals surface area contributed by atoms with Crippen LogP contribution in [0.2, 0.25) is 0 Å². The van der Waals surface area contributed by atoms with E-state index in [-0.39, 0.29) is 6.61 Å². The second kappa shape index (κ2) is 8.97. The summed E-state index contributed by atoms with van der Waals surface area (Å²) >= 11 is 5.14. The van der Waals surface area contributed by atoms with Gasteiger partial charge in [0.05, 0.1) is 12.7 Å². The number of halogens is 1. The minimum atomic E-state index is -0.659. The fourth-order valence-electron chi connectivity index (χ4n) is 1.66. The van der Waals surface area contributed by atoms with E-state index in [4.69, 9.17) is 5.11 Å². The predicted octanol–water partition coefficient (Wildman–Crippen LogP) is 2.96. The van der Waals surface area contributed by atoms with Crippen LogP contribution in [0.25, 0.3) is 0 Å². The molecule has 2 unspecified atom stereocenters. The third-order valence-corrected chi connectivity index (χ3v) is 4.62. The molecular weight excluding hydrogens is 326 g/mol. The second-order valence-electron chi connectivity index (χ2n) is 4.51. The second-order valence-corrected chi connectivity index (χ2v) is 6.45. The van der Waals surface area contributed by atoms with Gasteiger partial charge >= 0.3 is 0 Å². The first-order chi connectivity index (χ1) is 9.08. The van der Waals surface area contributed by atoms with E-state index < -0.39 is 6.10 Å². The Kier molecular flexibility index (Phi) is 8.02. The molecule has 0 heterocycles. The summed E-state index contributed by atoms with van der Waals surface area (Å²) in [7, 11) is 0. The molecule has 108 valence electrons. The van der Waals surface area contributed by atoms with Crippen molar-refractivity contribution in [1.82, 2.24) is 5.32 Å². The van der Waals surface area contributed by atoms with Crippen molar-refractivity contribution in [1.29, 1.82) is 0 Å². The number of thioether (sulfide) groups is 1. The zero-order valence-corrected chi connectivity index (χ0v) is 13.8. The van der Waals surface area contributed by atoms with Crippen LogP contribution in [-0.2, 0) is 0 Å². The average Bonchev–Trinajstić information content (AvgIpc) is 2.42. The normalized spacial score (nSPS) is 14.4. The van der Waals surface area contributed by atoms with Crippen LogP contribution in [0.5, 0.6) is 0 Å². The van der Waals surface area contributed by atoms with Gasteiger partial charge in [-0.3, -0.25) is 0 Å². The van der Waals surface area contributed by atoms with Gasteiger partial charge in [0, 0.05) is 21.2 Å². The van der Waals surface area contributed by atoms with Crippen LogP contribution in [0.4, 0.5) is 0 Å². The summed E-state index contributed by atoms with van der Waals surface area (Å²) in [5.74, 6) is 0.506. The van der Waals surface area contributed by atoms with Crippen molar-refractivity contribution >= 4 is 27.7 Å². The van der Waals surface area contributed by atoms with Gasteiger partial charge in [-0.15, -0.1) is 11.8 Å². The molecule has 2 atom stereocenters. The number of hydrogen-bond acceptors (Lipinski definition) is 4. The number of aliphatic hydroxyl groups excluding tert-OH is 2. The van der Waals surface area contributed by atoms with Crippen LogP contribution in [-0.4, -0.2) is 35.2 Å². The van der Waals surface area contributed by atoms with Gasteiger partial charge in [0.1, 0.15) is 0 Å². The quantitative estimate of drug-likeness (QED) is 0.633. The van der Waals surface area contributed by atoms with Gasteiger partial charge in [-0.05, 0) is 37.6 Å². The lowest BCUT2D eigenvalue weighted by Gasteiger charge is -2.16. The molecule has 1 aromatic rings. The molecule has 0 amide bonds. The maximum atomic E-state index is 9.34. The first-order valence-corrected chi connectivity index (χ1v) is 8.30. The molecule has 0 bridgehead atoms. The first-order valence-electron chi connectivity index (χ1n) is 6.53. The molecule has 0 radical (unpaired) electrons. The SMILES string of the molecule is CCCNC(C)c1ccc(SCC(O)CO)cc1Br. The largest absolute Gasteiger partial charge is 0.394 e. The maximum Gasteiger partial charge on any atom is 0.0864 e. The molecule has 0 saturated heterocycles. The molecule has 0 aliphatic carbocycles. The fraction of sp³-hybridized carbons (Fsp3) is 0.571. The summed E-state index contributed by atoms with van der Waals surface area (Å²) in [5.41, 5.74) is 1.24. The molecule has 0 saturated carbocycles. The standard InChI is InChI=1S/C14H22BrNO2S/c1-3-6-16-10(2)13-5-4-12(7-14(13)15)19-9-11(18)8-17/h4-5,7,10-11,16-18H,3,6,8-9H2,1-2H3. The van der Waals surface area contributed by atoms with Gasteiger partial charge in [0.2, 0.25) is 0 Å². The van der Waals surface area contributed by atoms with Crippen LogP contribution in [0, 0.1) is 0 Å². The van der Waals surface area contributed by atoms with Gasteiger partial charge in [-0.2, -0.15) is 0 Å².